The maximum Gasteiger partial charge on any atom is 0.163 e. The summed E-state index contributed by atoms with van der Waals surface area (Å²) in [6.07, 6.45) is 1.66. The van der Waals surface area contributed by atoms with Gasteiger partial charge in [0.15, 0.2) is 11.6 Å². The Kier molecular flexibility index (Phi) is 6.72. The predicted octanol–water partition coefficient (Wildman–Crippen LogP) is 3.08. The lowest BCUT2D eigenvalue weighted by atomic mass is 10.1. The molecule has 2 aromatic carbocycles. The van der Waals surface area contributed by atoms with Crippen LogP contribution in [0.15, 0.2) is 48.5 Å². The second kappa shape index (κ2) is 9.21. The fraction of sp³-hybridized carbons (Fsp3) is 0.429. The summed E-state index contributed by atoms with van der Waals surface area (Å²) in [5.41, 5.74) is 1.70. The van der Waals surface area contributed by atoms with Gasteiger partial charge in [-0.25, -0.2) is 8.78 Å². The molecular weight excluding hydrogens is 334 g/mol. The summed E-state index contributed by atoms with van der Waals surface area (Å²) in [5, 5.41) is 9.42. The molecule has 0 bridgehead atoms. The molecule has 1 heterocycles. The van der Waals surface area contributed by atoms with Gasteiger partial charge >= 0.3 is 0 Å². The maximum absolute atomic E-state index is 13.9. The van der Waals surface area contributed by atoms with Crippen molar-refractivity contribution in [1.82, 2.24) is 9.80 Å². The molecule has 0 aliphatic carbocycles. The first-order valence-electron chi connectivity index (χ1n) is 9.21. The summed E-state index contributed by atoms with van der Waals surface area (Å²) in [4.78, 5) is 4.55. The Morgan fingerprint density at radius 1 is 1.00 bits per heavy atom. The van der Waals surface area contributed by atoms with E-state index in [1.54, 1.807) is 12.1 Å². The van der Waals surface area contributed by atoms with Gasteiger partial charge in [-0.1, -0.05) is 42.5 Å². The van der Waals surface area contributed by atoms with Crippen LogP contribution in [0.4, 0.5) is 8.78 Å². The third-order valence-electron chi connectivity index (χ3n) is 5.11. The summed E-state index contributed by atoms with van der Waals surface area (Å²) in [7, 11) is 0. The summed E-state index contributed by atoms with van der Waals surface area (Å²) in [6, 6.07) is 14.9. The average molecular weight is 360 g/mol. The monoisotopic (exact) mass is 360 g/mol. The van der Waals surface area contributed by atoms with Crippen molar-refractivity contribution in [3.63, 3.8) is 0 Å². The standard InChI is InChI=1S/C21H26F2N2O/c22-20-8-4-7-18(21(20)23)15-24-12-13-25(19(16-24)10-14-26)11-9-17-5-2-1-3-6-17/h1-8,19,26H,9-16H2/t19-/m1/s1. The Labute approximate surface area is 153 Å². The molecule has 0 amide bonds. The van der Waals surface area contributed by atoms with Crippen LogP contribution in [0, 0.1) is 11.6 Å². The number of hydrogen-bond donors (Lipinski definition) is 1. The molecule has 1 fully saturated rings. The van der Waals surface area contributed by atoms with Gasteiger partial charge in [-0.2, -0.15) is 0 Å². The van der Waals surface area contributed by atoms with Crippen molar-refractivity contribution in [2.24, 2.45) is 0 Å². The molecule has 1 N–H and O–H groups in total. The first kappa shape index (κ1) is 19.0. The first-order chi connectivity index (χ1) is 12.7. The molecule has 1 atom stereocenters. The molecule has 1 aliphatic rings. The van der Waals surface area contributed by atoms with Gasteiger partial charge in [0.25, 0.3) is 0 Å². The molecular formula is C21H26F2N2O. The number of aliphatic hydroxyl groups excluding tert-OH is 1. The lowest BCUT2D eigenvalue weighted by Crippen LogP contribution is -2.53. The Morgan fingerprint density at radius 2 is 1.81 bits per heavy atom. The largest absolute Gasteiger partial charge is 0.396 e. The van der Waals surface area contributed by atoms with Crippen LogP contribution in [0.2, 0.25) is 0 Å². The highest BCUT2D eigenvalue weighted by Crippen LogP contribution is 2.19. The van der Waals surface area contributed by atoms with E-state index in [1.165, 1.54) is 5.56 Å². The zero-order valence-corrected chi connectivity index (χ0v) is 15.0. The quantitative estimate of drug-likeness (QED) is 0.822. The fourth-order valence-electron chi connectivity index (χ4n) is 3.65. The second-order valence-electron chi connectivity index (χ2n) is 6.89. The summed E-state index contributed by atoms with van der Waals surface area (Å²) >= 11 is 0. The van der Waals surface area contributed by atoms with E-state index in [4.69, 9.17) is 0 Å². The SMILES string of the molecule is OCC[C@@H]1CN(Cc2cccc(F)c2F)CCN1CCc1ccccc1. The van der Waals surface area contributed by atoms with Gasteiger partial charge in [0.1, 0.15) is 0 Å². The molecule has 1 aliphatic heterocycles. The van der Waals surface area contributed by atoms with Crippen molar-refractivity contribution in [2.75, 3.05) is 32.8 Å². The van der Waals surface area contributed by atoms with E-state index in [-0.39, 0.29) is 12.6 Å². The van der Waals surface area contributed by atoms with E-state index in [1.807, 2.05) is 18.2 Å². The predicted molar refractivity (Wildman–Crippen MR) is 98.8 cm³/mol. The third kappa shape index (κ3) is 4.87. The van der Waals surface area contributed by atoms with Gasteiger partial charge in [-0.15, -0.1) is 0 Å². The summed E-state index contributed by atoms with van der Waals surface area (Å²) in [5.74, 6) is -1.55. The van der Waals surface area contributed by atoms with Gasteiger partial charge in [0, 0.05) is 50.9 Å². The van der Waals surface area contributed by atoms with Gasteiger partial charge in [0.05, 0.1) is 0 Å². The smallest absolute Gasteiger partial charge is 0.163 e. The molecule has 0 unspecified atom stereocenters. The molecule has 0 spiro atoms. The number of aliphatic hydroxyl groups is 1. The summed E-state index contributed by atoms with van der Waals surface area (Å²) in [6.45, 7) is 3.91. The Morgan fingerprint density at radius 3 is 2.58 bits per heavy atom. The van der Waals surface area contributed by atoms with E-state index in [0.717, 1.165) is 38.7 Å². The molecule has 26 heavy (non-hydrogen) atoms. The normalized spacial score (nSPS) is 19.0. The van der Waals surface area contributed by atoms with Crippen LogP contribution in [0.25, 0.3) is 0 Å². The zero-order chi connectivity index (χ0) is 18.4. The highest BCUT2D eigenvalue weighted by molar-refractivity contribution is 5.19. The second-order valence-corrected chi connectivity index (χ2v) is 6.89. The molecule has 0 saturated carbocycles. The van der Waals surface area contributed by atoms with Crippen molar-refractivity contribution < 1.29 is 13.9 Å². The lowest BCUT2D eigenvalue weighted by molar-refractivity contribution is 0.0556. The van der Waals surface area contributed by atoms with E-state index >= 15 is 0 Å². The van der Waals surface area contributed by atoms with Crippen LogP contribution >= 0.6 is 0 Å². The van der Waals surface area contributed by atoms with Gasteiger partial charge in [-0.3, -0.25) is 9.80 Å². The van der Waals surface area contributed by atoms with Crippen molar-refractivity contribution in [1.29, 1.82) is 0 Å². The van der Waals surface area contributed by atoms with Gasteiger partial charge in [-0.05, 0) is 24.5 Å². The molecule has 5 heteroatoms. The number of piperazine rings is 1. The number of rotatable bonds is 7. The van der Waals surface area contributed by atoms with Crippen LogP contribution in [0.3, 0.4) is 0 Å². The molecule has 2 aromatic rings. The van der Waals surface area contributed by atoms with Gasteiger partial charge < -0.3 is 5.11 Å². The lowest BCUT2D eigenvalue weighted by Gasteiger charge is -2.41. The number of hydrogen-bond acceptors (Lipinski definition) is 3. The highest BCUT2D eigenvalue weighted by Gasteiger charge is 2.27. The van der Waals surface area contributed by atoms with E-state index < -0.39 is 11.6 Å². The maximum atomic E-state index is 13.9. The summed E-state index contributed by atoms with van der Waals surface area (Å²) < 4.78 is 27.4. The van der Waals surface area contributed by atoms with Crippen LogP contribution in [-0.4, -0.2) is 53.7 Å². The van der Waals surface area contributed by atoms with Crippen LogP contribution in [0.1, 0.15) is 17.5 Å². The van der Waals surface area contributed by atoms with E-state index in [0.29, 0.717) is 18.5 Å². The van der Waals surface area contributed by atoms with Crippen LogP contribution < -0.4 is 0 Å². The van der Waals surface area contributed by atoms with Gasteiger partial charge in [0.2, 0.25) is 0 Å². The number of benzene rings is 2. The highest BCUT2D eigenvalue weighted by atomic mass is 19.2. The zero-order valence-electron chi connectivity index (χ0n) is 15.0. The minimum atomic E-state index is -0.795. The average Bonchev–Trinajstić information content (AvgIpc) is 2.66. The molecule has 0 radical (unpaired) electrons. The first-order valence-corrected chi connectivity index (χ1v) is 9.21. The fourth-order valence-corrected chi connectivity index (χ4v) is 3.65. The van der Waals surface area contributed by atoms with E-state index in [9.17, 15) is 13.9 Å². The Bertz CT molecular complexity index is 696. The van der Waals surface area contributed by atoms with Crippen molar-refractivity contribution in [2.45, 2.75) is 25.4 Å². The number of halogens is 2. The molecule has 3 nitrogen and oxygen atoms in total. The Balaban J connectivity index is 1.59. The minimum absolute atomic E-state index is 0.134. The molecule has 140 valence electrons. The minimum Gasteiger partial charge on any atom is -0.396 e. The molecule has 0 aromatic heterocycles. The Hall–Kier alpha value is -1.82. The van der Waals surface area contributed by atoms with Crippen molar-refractivity contribution >= 4 is 0 Å². The van der Waals surface area contributed by atoms with Crippen molar-refractivity contribution in [3.8, 4) is 0 Å². The molecule has 1 saturated heterocycles. The molecule has 3 rings (SSSR count). The topological polar surface area (TPSA) is 26.7 Å². The number of nitrogens with zero attached hydrogens (tertiary/aromatic N) is 2. The third-order valence-corrected chi connectivity index (χ3v) is 5.11. The van der Waals surface area contributed by atoms with Crippen molar-refractivity contribution in [3.05, 3.63) is 71.3 Å². The van der Waals surface area contributed by atoms with E-state index in [2.05, 4.69) is 21.9 Å². The van der Waals surface area contributed by atoms with Crippen LogP contribution in [-0.2, 0) is 13.0 Å². The van der Waals surface area contributed by atoms with Crippen LogP contribution in [0.5, 0.6) is 0 Å².